The highest BCUT2D eigenvalue weighted by Crippen LogP contribution is 2.29. The van der Waals surface area contributed by atoms with E-state index in [4.69, 9.17) is 5.73 Å². The number of hydrogen-bond acceptors (Lipinski definition) is 5. The Labute approximate surface area is 129 Å². The van der Waals surface area contributed by atoms with E-state index in [0.717, 1.165) is 18.0 Å². The third kappa shape index (κ3) is 4.50. The first-order valence-corrected chi connectivity index (χ1v) is 7.71. The van der Waals surface area contributed by atoms with E-state index in [2.05, 4.69) is 18.2 Å². The van der Waals surface area contributed by atoms with Gasteiger partial charge in [-0.05, 0) is 43.3 Å². The molecule has 7 heteroatoms. The molecule has 0 saturated carbocycles. The topological polar surface area (TPSA) is 96.5 Å². The SMILES string of the molecule is Cc1nsc(N(C)C(=O)C[C@@H](CN)CC(C)C)c1C(=O)O. The Bertz CT molecular complexity index is 514. The summed E-state index contributed by atoms with van der Waals surface area (Å²) in [7, 11) is 1.59. The number of carbonyl (C=O) groups is 2. The first-order valence-electron chi connectivity index (χ1n) is 6.94. The second-order valence-corrected chi connectivity index (χ2v) is 6.39. The summed E-state index contributed by atoms with van der Waals surface area (Å²) in [5, 5.41) is 9.60. The summed E-state index contributed by atoms with van der Waals surface area (Å²) in [6, 6.07) is 0. The number of carboxylic acid groups (broad SMARTS) is 1. The summed E-state index contributed by atoms with van der Waals surface area (Å²) in [5.74, 6) is -0.607. The van der Waals surface area contributed by atoms with Gasteiger partial charge in [0.15, 0.2) is 0 Å². The van der Waals surface area contributed by atoms with E-state index in [-0.39, 0.29) is 17.4 Å². The molecule has 1 heterocycles. The van der Waals surface area contributed by atoms with Crippen molar-refractivity contribution in [1.82, 2.24) is 4.37 Å². The molecule has 1 rings (SSSR count). The Morgan fingerprint density at radius 2 is 2.05 bits per heavy atom. The Kier molecular flexibility index (Phi) is 6.29. The number of amides is 1. The van der Waals surface area contributed by atoms with Crippen molar-refractivity contribution in [2.45, 2.75) is 33.6 Å². The molecular weight excluding hydrogens is 290 g/mol. The maximum absolute atomic E-state index is 12.3. The number of anilines is 1. The van der Waals surface area contributed by atoms with Gasteiger partial charge in [-0.2, -0.15) is 4.37 Å². The molecule has 6 nitrogen and oxygen atoms in total. The predicted octanol–water partition coefficient (Wildman–Crippen LogP) is 2.12. The monoisotopic (exact) mass is 313 g/mol. The molecule has 0 aliphatic rings. The fraction of sp³-hybridized carbons (Fsp3) is 0.643. The van der Waals surface area contributed by atoms with E-state index in [1.807, 2.05) is 0 Å². The third-order valence-electron chi connectivity index (χ3n) is 3.34. The highest BCUT2D eigenvalue weighted by atomic mass is 32.1. The van der Waals surface area contributed by atoms with E-state index in [1.54, 1.807) is 14.0 Å². The van der Waals surface area contributed by atoms with E-state index in [9.17, 15) is 14.7 Å². The largest absolute Gasteiger partial charge is 0.478 e. The number of nitrogens with zero attached hydrogens (tertiary/aromatic N) is 2. The fourth-order valence-corrected chi connectivity index (χ4v) is 3.12. The summed E-state index contributed by atoms with van der Waals surface area (Å²) < 4.78 is 4.03. The summed E-state index contributed by atoms with van der Waals surface area (Å²) in [6.45, 7) is 6.26. The zero-order valence-corrected chi connectivity index (χ0v) is 13.7. The molecule has 21 heavy (non-hydrogen) atoms. The number of nitrogens with two attached hydrogens (primary N) is 1. The Hall–Kier alpha value is -1.47. The van der Waals surface area contributed by atoms with Gasteiger partial charge in [-0.1, -0.05) is 13.8 Å². The fourth-order valence-electron chi connectivity index (χ4n) is 2.26. The highest BCUT2D eigenvalue weighted by Gasteiger charge is 2.25. The number of rotatable bonds is 7. The van der Waals surface area contributed by atoms with Crippen LogP contribution in [0, 0.1) is 18.8 Å². The van der Waals surface area contributed by atoms with Gasteiger partial charge in [-0.3, -0.25) is 4.79 Å². The standard InChI is InChI=1S/C14H23N3O3S/c1-8(2)5-10(7-15)6-11(18)17(4)13-12(14(19)20)9(3)16-21-13/h8,10H,5-7,15H2,1-4H3,(H,19,20)/t10-/m0/s1. The molecule has 1 aromatic heterocycles. The normalized spacial score (nSPS) is 12.5. The van der Waals surface area contributed by atoms with Crippen molar-refractivity contribution in [3.05, 3.63) is 11.3 Å². The van der Waals surface area contributed by atoms with Gasteiger partial charge in [-0.15, -0.1) is 0 Å². The molecule has 0 saturated heterocycles. The molecule has 3 N–H and O–H groups in total. The quantitative estimate of drug-likeness (QED) is 0.803. The molecule has 0 bridgehead atoms. The van der Waals surface area contributed by atoms with Crippen molar-refractivity contribution in [3.8, 4) is 0 Å². The van der Waals surface area contributed by atoms with Crippen LogP contribution in [0.5, 0.6) is 0 Å². The number of hydrogen-bond donors (Lipinski definition) is 2. The first-order chi connectivity index (χ1) is 9.77. The molecule has 0 aromatic carbocycles. The number of aromatic nitrogens is 1. The van der Waals surface area contributed by atoms with Crippen LogP contribution in [-0.4, -0.2) is 34.9 Å². The van der Waals surface area contributed by atoms with Crippen LogP contribution in [0.25, 0.3) is 0 Å². The van der Waals surface area contributed by atoms with Gasteiger partial charge >= 0.3 is 5.97 Å². The van der Waals surface area contributed by atoms with Crippen molar-refractivity contribution >= 4 is 28.4 Å². The number of carbonyl (C=O) groups excluding carboxylic acids is 1. The van der Waals surface area contributed by atoms with Crippen LogP contribution in [0.4, 0.5) is 5.00 Å². The second-order valence-electron chi connectivity index (χ2n) is 5.64. The predicted molar refractivity (Wildman–Crippen MR) is 83.8 cm³/mol. The van der Waals surface area contributed by atoms with E-state index in [0.29, 0.717) is 29.6 Å². The van der Waals surface area contributed by atoms with Gasteiger partial charge in [0.05, 0.1) is 5.69 Å². The molecule has 118 valence electrons. The lowest BCUT2D eigenvalue weighted by atomic mass is 9.94. The smallest absolute Gasteiger partial charge is 0.340 e. The molecule has 0 aliphatic heterocycles. The van der Waals surface area contributed by atoms with Crippen LogP contribution < -0.4 is 10.6 Å². The van der Waals surface area contributed by atoms with Gasteiger partial charge < -0.3 is 15.7 Å². The van der Waals surface area contributed by atoms with Crippen LogP contribution in [0.15, 0.2) is 0 Å². The minimum absolute atomic E-state index is 0.101. The van der Waals surface area contributed by atoms with Gasteiger partial charge in [0.1, 0.15) is 10.6 Å². The first kappa shape index (κ1) is 17.6. The van der Waals surface area contributed by atoms with Gasteiger partial charge in [0.2, 0.25) is 5.91 Å². The van der Waals surface area contributed by atoms with Gasteiger partial charge in [-0.25, -0.2) is 4.79 Å². The third-order valence-corrected chi connectivity index (χ3v) is 4.35. The lowest BCUT2D eigenvalue weighted by Gasteiger charge is -2.21. The molecule has 1 aromatic rings. The van der Waals surface area contributed by atoms with Crippen LogP contribution in [-0.2, 0) is 4.79 Å². The van der Waals surface area contributed by atoms with Crippen LogP contribution in [0.2, 0.25) is 0 Å². The molecule has 0 aliphatic carbocycles. The summed E-state index contributed by atoms with van der Waals surface area (Å²) >= 11 is 1.03. The van der Waals surface area contributed by atoms with Crippen molar-refractivity contribution in [2.75, 3.05) is 18.5 Å². The number of carboxylic acids is 1. The summed E-state index contributed by atoms with van der Waals surface area (Å²) in [4.78, 5) is 25.0. The molecule has 0 unspecified atom stereocenters. The maximum Gasteiger partial charge on any atom is 0.340 e. The molecule has 0 radical (unpaired) electrons. The van der Waals surface area contributed by atoms with Crippen molar-refractivity contribution in [3.63, 3.8) is 0 Å². The Morgan fingerprint density at radius 3 is 2.52 bits per heavy atom. The zero-order valence-electron chi connectivity index (χ0n) is 12.9. The average Bonchev–Trinajstić information content (AvgIpc) is 2.78. The Morgan fingerprint density at radius 1 is 1.43 bits per heavy atom. The van der Waals surface area contributed by atoms with E-state index in [1.165, 1.54) is 4.90 Å². The molecule has 0 spiro atoms. The van der Waals surface area contributed by atoms with Crippen LogP contribution >= 0.6 is 11.5 Å². The van der Waals surface area contributed by atoms with Gasteiger partial charge in [0, 0.05) is 13.5 Å². The highest BCUT2D eigenvalue weighted by molar-refractivity contribution is 7.11. The minimum atomic E-state index is -1.06. The van der Waals surface area contributed by atoms with Crippen molar-refractivity contribution < 1.29 is 14.7 Å². The minimum Gasteiger partial charge on any atom is -0.478 e. The summed E-state index contributed by atoms with van der Waals surface area (Å²) in [6.07, 6.45) is 1.20. The zero-order chi connectivity index (χ0) is 16.2. The second kappa shape index (κ2) is 7.51. The molecule has 0 fully saturated rings. The number of aryl methyl sites for hydroxylation is 1. The van der Waals surface area contributed by atoms with E-state index < -0.39 is 5.97 Å². The lowest BCUT2D eigenvalue weighted by Crippen LogP contribution is -2.31. The molecule has 1 amide bonds. The van der Waals surface area contributed by atoms with Crippen molar-refractivity contribution in [2.24, 2.45) is 17.6 Å². The number of aromatic carboxylic acids is 1. The molecular formula is C14H23N3O3S. The lowest BCUT2D eigenvalue weighted by molar-refractivity contribution is -0.119. The van der Waals surface area contributed by atoms with Crippen LogP contribution in [0.3, 0.4) is 0 Å². The average molecular weight is 313 g/mol. The van der Waals surface area contributed by atoms with Crippen molar-refractivity contribution in [1.29, 1.82) is 0 Å². The maximum atomic E-state index is 12.3. The van der Waals surface area contributed by atoms with Gasteiger partial charge in [0.25, 0.3) is 0 Å². The summed E-state index contributed by atoms with van der Waals surface area (Å²) in [5.41, 5.74) is 6.25. The van der Waals surface area contributed by atoms with Crippen LogP contribution in [0.1, 0.15) is 42.7 Å². The molecule has 1 atom stereocenters. The Balaban J connectivity index is 2.85. The van der Waals surface area contributed by atoms with E-state index >= 15 is 0 Å².